The van der Waals surface area contributed by atoms with Crippen LogP contribution in [0.1, 0.15) is 31.2 Å². The lowest BCUT2D eigenvalue weighted by Gasteiger charge is -2.26. The molecule has 0 unspecified atom stereocenters. The number of fused-ring (bicyclic) bond motifs is 1. The zero-order valence-corrected chi connectivity index (χ0v) is 21.6. The molecule has 6 nitrogen and oxygen atoms in total. The number of benzene rings is 3. The maximum absolute atomic E-state index is 12.0. The lowest BCUT2D eigenvalue weighted by atomic mass is 9.97. The quantitative estimate of drug-likeness (QED) is 0.389. The number of methoxy groups -OCH3 is 1. The summed E-state index contributed by atoms with van der Waals surface area (Å²) < 4.78 is 41.8. The summed E-state index contributed by atoms with van der Waals surface area (Å²) in [6.07, 6.45) is 6.18. The van der Waals surface area contributed by atoms with Gasteiger partial charge in [-0.15, -0.1) is 0 Å². The van der Waals surface area contributed by atoms with Gasteiger partial charge in [-0.3, -0.25) is 4.90 Å². The first kappa shape index (κ1) is 24.7. The number of sulfone groups is 1. The highest BCUT2D eigenvalue weighted by Gasteiger charge is 2.21. The SMILES string of the molecule is COc1ccc2c(Oc3ccc(OCCN4CCCCC4)cc3)c(C3=CCS(=O)(=O)CC3)ccc2c1. The molecule has 36 heavy (non-hydrogen) atoms. The lowest BCUT2D eigenvalue weighted by molar-refractivity contribution is 0.183. The third-order valence-electron chi connectivity index (χ3n) is 6.96. The summed E-state index contributed by atoms with van der Waals surface area (Å²) in [5.41, 5.74) is 1.92. The van der Waals surface area contributed by atoms with Crippen molar-refractivity contribution in [1.82, 2.24) is 4.90 Å². The first-order chi connectivity index (χ1) is 17.5. The van der Waals surface area contributed by atoms with Crippen LogP contribution in [-0.4, -0.2) is 58.2 Å². The Balaban J connectivity index is 1.37. The molecule has 1 fully saturated rings. The topological polar surface area (TPSA) is 65.1 Å². The molecule has 3 aromatic rings. The average Bonchev–Trinajstić information content (AvgIpc) is 2.90. The van der Waals surface area contributed by atoms with Crippen molar-refractivity contribution >= 4 is 26.2 Å². The summed E-state index contributed by atoms with van der Waals surface area (Å²) >= 11 is 0. The van der Waals surface area contributed by atoms with E-state index in [0.29, 0.717) is 18.8 Å². The second kappa shape index (κ2) is 10.9. The molecule has 2 aliphatic heterocycles. The molecule has 0 atom stereocenters. The van der Waals surface area contributed by atoms with Gasteiger partial charge in [-0.05, 0) is 85.8 Å². The number of hydrogen-bond acceptors (Lipinski definition) is 6. The zero-order chi connectivity index (χ0) is 25.0. The van der Waals surface area contributed by atoms with Crippen molar-refractivity contribution in [3.63, 3.8) is 0 Å². The van der Waals surface area contributed by atoms with Gasteiger partial charge in [0.15, 0.2) is 9.84 Å². The van der Waals surface area contributed by atoms with E-state index in [-0.39, 0.29) is 11.5 Å². The third-order valence-corrected chi connectivity index (χ3v) is 8.46. The average molecular weight is 508 g/mol. The smallest absolute Gasteiger partial charge is 0.154 e. The van der Waals surface area contributed by atoms with Gasteiger partial charge < -0.3 is 14.2 Å². The van der Waals surface area contributed by atoms with Gasteiger partial charge in [0.05, 0.1) is 18.6 Å². The highest BCUT2D eigenvalue weighted by Crippen LogP contribution is 2.40. The predicted molar refractivity (Wildman–Crippen MR) is 144 cm³/mol. The molecule has 2 aliphatic rings. The van der Waals surface area contributed by atoms with Crippen LogP contribution in [0.4, 0.5) is 0 Å². The van der Waals surface area contributed by atoms with E-state index in [1.54, 1.807) is 7.11 Å². The number of ether oxygens (including phenoxy) is 3. The number of allylic oxidation sites excluding steroid dienone is 1. The van der Waals surface area contributed by atoms with Crippen LogP contribution < -0.4 is 14.2 Å². The van der Waals surface area contributed by atoms with E-state index < -0.39 is 9.84 Å². The Kier molecular flexibility index (Phi) is 7.48. The van der Waals surface area contributed by atoms with Gasteiger partial charge in [0.1, 0.15) is 29.6 Å². The fourth-order valence-electron chi connectivity index (χ4n) is 4.89. The lowest BCUT2D eigenvalue weighted by Crippen LogP contribution is -2.33. The first-order valence-corrected chi connectivity index (χ1v) is 14.5. The largest absolute Gasteiger partial charge is 0.497 e. The van der Waals surface area contributed by atoms with Crippen LogP contribution in [0.2, 0.25) is 0 Å². The molecule has 0 amide bonds. The highest BCUT2D eigenvalue weighted by molar-refractivity contribution is 7.91. The molecule has 5 rings (SSSR count). The molecule has 190 valence electrons. The summed E-state index contributed by atoms with van der Waals surface area (Å²) in [7, 11) is -1.37. The molecule has 0 aliphatic carbocycles. The van der Waals surface area contributed by atoms with E-state index in [4.69, 9.17) is 14.2 Å². The minimum Gasteiger partial charge on any atom is -0.497 e. The standard InChI is InChI=1S/C29H33NO5S/c1-33-26-10-12-28-23(21-26)5-11-27(22-13-19-36(31,32)20-14-22)29(28)35-25-8-6-24(7-9-25)34-18-17-30-15-3-2-4-16-30/h5-13,21H,2-4,14-20H2,1H3. The van der Waals surface area contributed by atoms with Crippen LogP contribution in [0.15, 0.2) is 60.7 Å². The van der Waals surface area contributed by atoms with Gasteiger partial charge in [-0.2, -0.15) is 0 Å². The molecule has 0 spiro atoms. The van der Waals surface area contributed by atoms with Crippen molar-refractivity contribution in [3.8, 4) is 23.0 Å². The van der Waals surface area contributed by atoms with Crippen LogP contribution in [0, 0.1) is 0 Å². The van der Waals surface area contributed by atoms with E-state index in [0.717, 1.165) is 58.8 Å². The van der Waals surface area contributed by atoms with Crippen molar-refractivity contribution in [2.75, 3.05) is 44.9 Å². The molecule has 1 saturated heterocycles. The van der Waals surface area contributed by atoms with Gasteiger partial charge in [-0.1, -0.05) is 24.6 Å². The maximum Gasteiger partial charge on any atom is 0.154 e. The van der Waals surface area contributed by atoms with Crippen LogP contribution in [-0.2, 0) is 9.84 Å². The van der Waals surface area contributed by atoms with E-state index in [9.17, 15) is 8.42 Å². The zero-order valence-electron chi connectivity index (χ0n) is 20.7. The molecular weight excluding hydrogens is 474 g/mol. The maximum atomic E-state index is 12.0. The molecule has 2 heterocycles. The number of rotatable bonds is 8. The minimum absolute atomic E-state index is 0.0614. The Morgan fingerprint density at radius 1 is 0.889 bits per heavy atom. The molecular formula is C29H33NO5S. The Morgan fingerprint density at radius 2 is 1.64 bits per heavy atom. The number of piperidine rings is 1. The van der Waals surface area contributed by atoms with Crippen LogP contribution >= 0.6 is 0 Å². The molecule has 3 aromatic carbocycles. The Hall–Kier alpha value is -3.03. The second-order valence-corrected chi connectivity index (χ2v) is 11.7. The predicted octanol–water partition coefficient (Wildman–Crippen LogP) is 5.71. The number of nitrogens with zero attached hydrogens (tertiary/aromatic N) is 1. The van der Waals surface area contributed by atoms with Crippen LogP contribution in [0.25, 0.3) is 16.3 Å². The molecule has 0 bridgehead atoms. The van der Waals surface area contributed by atoms with E-state index >= 15 is 0 Å². The molecule has 0 radical (unpaired) electrons. The summed E-state index contributed by atoms with van der Waals surface area (Å²) in [5.74, 6) is 3.23. The van der Waals surface area contributed by atoms with Gasteiger partial charge >= 0.3 is 0 Å². The molecule has 0 aromatic heterocycles. The highest BCUT2D eigenvalue weighted by atomic mass is 32.2. The number of likely N-dealkylation sites (tertiary alicyclic amines) is 1. The first-order valence-electron chi connectivity index (χ1n) is 12.6. The van der Waals surface area contributed by atoms with Crippen molar-refractivity contribution in [2.24, 2.45) is 0 Å². The molecule has 0 N–H and O–H groups in total. The van der Waals surface area contributed by atoms with Crippen molar-refractivity contribution in [3.05, 3.63) is 66.2 Å². The fourth-order valence-corrected chi connectivity index (χ4v) is 6.04. The molecule has 0 saturated carbocycles. The minimum atomic E-state index is -3.02. The Morgan fingerprint density at radius 3 is 2.36 bits per heavy atom. The van der Waals surface area contributed by atoms with Gasteiger partial charge in [0.25, 0.3) is 0 Å². The third kappa shape index (κ3) is 5.85. The van der Waals surface area contributed by atoms with Crippen LogP contribution in [0.5, 0.6) is 23.0 Å². The summed E-state index contributed by atoms with van der Waals surface area (Å²) in [6, 6.07) is 17.6. The Bertz CT molecular complexity index is 1340. The summed E-state index contributed by atoms with van der Waals surface area (Å²) in [4.78, 5) is 2.46. The van der Waals surface area contributed by atoms with E-state index in [2.05, 4.69) is 4.90 Å². The van der Waals surface area contributed by atoms with Crippen LogP contribution in [0.3, 0.4) is 0 Å². The van der Waals surface area contributed by atoms with Gasteiger partial charge in [-0.25, -0.2) is 8.42 Å². The molecule has 7 heteroatoms. The van der Waals surface area contributed by atoms with Crippen molar-refractivity contribution in [2.45, 2.75) is 25.7 Å². The normalized spacial score (nSPS) is 18.0. The van der Waals surface area contributed by atoms with Gasteiger partial charge in [0, 0.05) is 17.5 Å². The van der Waals surface area contributed by atoms with E-state index in [1.165, 1.54) is 19.3 Å². The Labute approximate surface area is 213 Å². The monoisotopic (exact) mass is 507 g/mol. The summed E-state index contributed by atoms with van der Waals surface area (Å²) in [5, 5.41) is 1.94. The van der Waals surface area contributed by atoms with Gasteiger partial charge in [0.2, 0.25) is 0 Å². The van der Waals surface area contributed by atoms with Crippen molar-refractivity contribution < 1.29 is 22.6 Å². The summed E-state index contributed by atoms with van der Waals surface area (Å²) in [6.45, 7) is 3.95. The van der Waals surface area contributed by atoms with E-state index in [1.807, 2.05) is 60.7 Å². The van der Waals surface area contributed by atoms with Crippen molar-refractivity contribution in [1.29, 1.82) is 0 Å². The number of hydrogen-bond donors (Lipinski definition) is 0. The fraction of sp³-hybridized carbons (Fsp3) is 0.379. The second-order valence-electron chi connectivity index (χ2n) is 9.45.